The zero-order valence-electron chi connectivity index (χ0n) is 9.61. The fourth-order valence-electron chi connectivity index (χ4n) is 1.69. The number of aryl methyl sites for hydroxylation is 1. The van der Waals surface area contributed by atoms with Crippen molar-refractivity contribution in [3.05, 3.63) is 44.5 Å². The maximum absolute atomic E-state index is 4.34. The molecule has 1 aromatic carbocycles. The average molecular weight is 406 g/mol. The molecule has 90 valence electrons. The van der Waals surface area contributed by atoms with Crippen LogP contribution in [0.2, 0.25) is 0 Å². The Morgan fingerprint density at radius 1 is 1.47 bits per heavy atom. The summed E-state index contributed by atoms with van der Waals surface area (Å²) in [6.07, 6.45) is 3.78. The van der Waals surface area contributed by atoms with Gasteiger partial charge in [0.1, 0.15) is 5.82 Å². The number of nitrogens with zero attached hydrogens (tertiary/aromatic N) is 2. The molecule has 0 aliphatic carbocycles. The molecule has 0 radical (unpaired) electrons. The van der Waals surface area contributed by atoms with E-state index in [-0.39, 0.29) is 6.04 Å². The summed E-state index contributed by atoms with van der Waals surface area (Å²) in [6, 6.07) is 6.41. The van der Waals surface area contributed by atoms with E-state index in [0.717, 1.165) is 16.0 Å². The van der Waals surface area contributed by atoms with E-state index >= 15 is 0 Å². The number of imidazole rings is 1. The topological polar surface area (TPSA) is 29.9 Å². The summed E-state index contributed by atoms with van der Waals surface area (Å²) in [4.78, 5) is 4.34. The summed E-state index contributed by atoms with van der Waals surface area (Å²) in [5.41, 5.74) is 1.10. The van der Waals surface area contributed by atoms with Crippen molar-refractivity contribution in [2.24, 2.45) is 7.05 Å². The summed E-state index contributed by atoms with van der Waals surface area (Å²) < 4.78 is 4.34. The maximum atomic E-state index is 4.34. The second-order valence-electron chi connectivity index (χ2n) is 3.89. The number of benzene rings is 1. The van der Waals surface area contributed by atoms with Gasteiger partial charge in [0.05, 0.1) is 6.04 Å². The van der Waals surface area contributed by atoms with Gasteiger partial charge in [0.2, 0.25) is 0 Å². The minimum atomic E-state index is 0.187. The molecule has 1 N–H and O–H groups in total. The number of hydrogen-bond donors (Lipinski definition) is 1. The van der Waals surface area contributed by atoms with Gasteiger partial charge in [-0.2, -0.15) is 0 Å². The van der Waals surface area contributed by atoms with Crippen molar-refractivity contribution >= 4 is 44.2 Å². The Morgan fingerprint density at radius 3 is 2.82 bits per heavy atom. The normalized spacial score (nSPS) is 12.5. The van der Waals surface area contributed by atoms with Crippen molar-refractivity contribution in [2.75, 3.05) is 5.32 Å². The fraction of sp³-hybridized carbons (Fsp3) is 0.250. The first kappa shape index (κ1) is 12.9. The van der Waals surface area contributed by atoms with Crippen LogP contribution < -0.4 is 5.32 Å². The molecule has 2 rings (SSSR count). The van der Waals surface area contributed by atoms with Crippen LogP contribution in [0.4, 0.5) is 5.69 Å². The van der Waals surface area contributed by atoms with E-state index in [4.69, 9.17) is 0 Å². The van der Waals surface area contributed by atoms with E-state index in [0.29, 0.717) is 0 Å². The summed E-state index contributed by atoms with van der Waals surface area (Å²) in [5, 5.41) is 3.44. The van der Waals surface area contributed by atoms with Crippen LogP contribution in [0.25, 0.3) is 0 Å². The second kappa shape index (κ2) is 5.39. The predicted molar refractivity (Wildman–Crippen MR) is 82.1 cm³/mol. The molecule has 17 heavy (non-hydrogen) atoms. The Hall–Kier alpha value is -0.560. The second-order valence-corrected chi connectivity index (χ2v) is 5.91. The highest BCUT2D eigenvalue weighted by Crippen LogP contribution is 2.25. The van der Waals surface area contributed by atoms with Gasteiger partial charge in [-0.3, -0.25) is 0 Å². The van der Waals surface area contributed by atoms with E-state index in [1.807, 2.05) is 24.0 Å². The SMILES string of the molecule is CC(Nc1ccc(Br)c(I)c1)c1nccn1C. The zero-order valence-corrected chi connectivity index (χ0v) is 13.4. The molecule has 0 amide bonds. The van der Waals surface area contributed by atoms with E-state index < -0.39 is 0 Å². The van der Waals surface area contributed by atoms with Gasteiger partial charge in [0, 0.05) is 33.2 Å². The van der Waals surface area contributed by atoms with Gasteiger partial charge in [-0.05, 0) is 63.6 Å². The fourth-order valence-corrected chi connectivity index (χ4v) is 2.46. The van der Waals surface area contributed by atoms with E-state index in [2.05, 4.69) is 73.9 Å². The maximum Gasteiger partial charge on any atom is 0.130 e. The molecule has 3 nitrogen and oxygen atoms in total. The third kappa shape index (κ3) is 3.01. The molecule has 1 atom stereocenters. The molecule has 0 spiro atoms. The van der Waals surface area contributed by atoms with Crippen LogP contribution in [-0.4, -0.2) is 9.55 Å². The molecular weight excluding hydrogens is 393 g/mol. The zero-order chi connectivity index (χ0) is 12.4. The van der Waals surface area contributed by atoms with Crippen LogP contribution in [0, 0.1) is 3.57 Å². The van der Waals surface area contributed by atoms with Crippen molar-refractivity contribution < 1.29 is 0 Å². The highest BCUT2D eigenvalue weighted by molar-refractivity contribution is 14.1. The lowest BCUT2D eigenvalue weighted by molar-refractivity contribution is 0.721. The monoisotopic (exact) mass is 405 g/mol. The van der Waals surface area contributed by atoms with Crippen LogP contribution in [0.1, 0.15) is 18.8 Å². The number of halogens is 2. The number of anilines is 1. The molecule has 0 bridgehead atoms. The molecule has 0 saturated heterocycles. The average Bonchev–Trinajstić information content (AvgIpc) is 2.70. The molecule has 5 heteroatoms. The van der Waals surface area contributed by atoms with Crippen LogP contribution in [0.15, 0.2) is 35.1 Å². The molecule has 1 unspecified atom stereocenters. The van der Waals surface area contributed by atoms with E-state index in [1.165, 1.54) is 3.57 Å². The third-order valence-corrected chi connectivity index (χ3v) is 4.87. The van der Waals surface area contributed by atoms with Crippen molar-refractivity contribution in [1.29, 1.82) is 0 Å². The molecule has 0 saturated carbocycles. The third-order valence-electron chi connectivity index (χ3n) is 2.55. The van der Waals surface area contributed by atoms with Gasteiger partial charge in [-0.15, -0.1) is 0 Å². The first-order valence-corrected chi connectivity index (χ1v) is 7.14. The van der Waals surface area contributed by atoms with Crippen molar-refractivity contribution in [3.63, 3.8) is 0 Å². The van der Waals surface area contributed by atoms with E-state index in [1.54, 1.807) is 0 Å². The van der Waals surface area contributed by atoms with Gasteiger partial charge < -0.3 is 9.88 Å². The number of rotatable bonds is 3. The highest BCUT2D eigenvalue weighted by Gasteiger charge is 2.10. The Labute approximate surface area is 123 Å². The van der Waals surface area contributed by atoms with Crippen LogP contribution in [0.5, 0.6) is 0 Å². The molecule has 0 aliphatic heterocycles. The Morgan fingerprint density at radius 2 is 2.24 bits per heavy atom. The van der Waals surface area contributed by atoms with Gasteiger partial charge >= 0.3 is 0 Å². The lowest BCUT2D eigenvalue weighted by atomic mass is 10.2. The van der Waals surface area contributed by atoms with Crippen LogP contribution >= 0.6 is 38.5 Å². The van der Waals surface area contributed by atoms with Crippen molar-refractivity contribution in [3.8, 4) is 0 Å². The molecule has 1 aromatic heterocycles. The summed E-state index contributed by atoms with van der Waals surface area (Å²) in [5.74, 6) is 1.03. The standard InChI is InChI=1S/C12H13BrIN3/c1-8(12-15-5-6-17(12)2)16-9-3-4-10(13)11(14)7-9/h3-8,16H,1-2H3. The van der Waals surface area contributed by atoms with E-state index in [9.17, 15) is 0 Å². The van der Waals surface area contributed by atoms with Gasteiger partial charge in [-0.25, -0.2) is 4.98 Å². The molecular formula is C12H13BrIN3. The Balaban J connectivity index is 2.16. The number of aromatic nitrogens is 2. The summed E-state index contributed by atoms with van der Waals surface area (Å²) >= 11 is 5.80. The Bertz CT molecular complexity index is 524. The van der Waals surface area contributed by atoms with Crippen molar-refractivity contribution in [1.82, 2.24) is 9.55 Å². The first-order chi connectivity index (χ1) is 8.08. The lowest BCUT2D eigenvalue weighted by Crippen LogP contribution is -2.11. The lowest BCUT2D eigenvalue weighted by Gasteiger charge is -2.15. The summed E-state index contributed by atoms with van der Waals surface area (Å²) in [7, 11) is 2.01. The smallest absolute Gasteiger partial charge is 0.130 e. The van der Waals surface area contributed by atoms with Gasteiger partial charge in [-0.1, -0.05) is 0 Å². The van der Waals surface area contributed by atoms with Gasteiger partial charge in [0.25, 0.3) is 0 Å². The number of hydrogen-bond acceptors (Lipinski definition) is 2. The first-order valence-electron chi connectivity index (χ1n) is 5.26. The summed E-state index contributed by atoms with van der Waals surface area (Å²) in [6.45, 7) is 2.11. The number of nitrogens with one attached hydrogen (secondary N) is 1. The molecule has 2 aromatic rings. The molecule has 1 heterocycles. The quantitative estimate of drug-likeness (QED) is 0.783. The predicted octanol–water partition coefficient (Wildman–Crippen LogP) is 3.96. The molecule has 0 aliphatic rings. The minimum Gasteiger partial charge on any atom is -0.375 e. The molecule has 0 fully saturated rings. The van der Waals surface area contributed by atoms with Gasteiger partial charge in [0.15, 0.2) is 0 Å². The highest BCUT2D eigenvalue weighted by atomic mass is 127. The largest absolute Gasteiger partial charge is 0.375 e. The van der Waals surface area contributed by atoms with Crippen LogP contribution in [0.3, 0.4) is 0 Å². The van der Waals surface area contributed by atoms with Crippen LogP contribution in [-0.2, 0) is 7.05 Å². The minimum absolute atomic E-state index is 0.187. The Kier molecular flexibility index (Phi) is 4.09. The van der Waals surface area contributed by atoms with Crippen molar-refractivity contribution in [2.45, 2.75) is 13.0 Å².